The highest BCUT2D eigenvalue weighted by atomic mass is 32.2. The lowest BCUT2D eigenvalue weighted by Gasteiger charge is -2.16. The number of aryl methyl sites for hydroxylation is 1. The first kappa shape index (κ1) is 17.0. The van der Waals surface area contributed by atoms with Gasteiger partial charge in [-0.25, -0.2) is 0 Å². The quantitative estimate of drug-likeness (QED) is 0.844. The number of carbonyl (C=O) groups is 1. The number of hydrogen-bond acceptors (Lipinski definition) is 5. The maximum Gasteiger partial charge on any atom is 0.233 e. The number of hydrogen-bond donors (Lipinski definition) is 1. The molecule has 1 aromatic heterocycles. The number of benzene rings is 1. The van der Waals surface area contributed by atoms with Crippen LogP contribution in [0.15, 0.2) is 23.4 Å². The summed E-state index contributed by atoms with van der Waals surface area (Å²) in [5.74, 6) is 0.0578. The molecule has 1 aliphatic rings. The Balaban J connectivity index is 1.73. The number of tetrazole rings is 1. The highest BCUT2D eigenvalue weighted by molar-refractivity contribution is 8.00. The molecule has 1 fully saturated rings. The average Bonchev–Trinajstić information content (AvgIpc) is 3.22. The van der Waals surface area contributed by atoms with Crippen LogP contribution in [0.5, 0.6) is 0 Å². The second-order valence-corrected chi connectivity index (χ2v) is 7.65. The molecular weight excluding hydrogens is 322 g/mol. The van der Waals surface area contributed by atoms with Crippen LogP contribution in [-0.4, -0.2) is 37.4 Å². The Hall–Kier alpha value is -1.89. The number of aromatic nitrogens is 4. The molecule has 0 spiro atoms. The van der Waals surface area contributed by atoms with Gasteiger partial charge >= 0.3 is 0 Å². The normalized spacial score (nSPS) is 16.3. The van der Waals surface area contributed by atoms with Gasteiger partial charge in [0.05, 0.1) is 10.9 Å². The summed E-state index contributed by atoms with van der Waals surface area (Å²) in [5.41, 5.74) is 3.27. The van der Waals surface area contributed by atoms with E-state index in [4.69, 9.17) is 0 Å². The van der Waals surface area contributed by atoms with Crippen molar-refractivity contribution in [1.29, 1.82) is 0 Å². The number of thioether (sulfide) groups is 1. The van der Waals surface area contributed by atoms with Crippen molar-refractivity contribution in [2.75, 3.05) is 0 Å². The van der Waals surface area contributed by atoms with Crippen LogP contribution in [0.3, 0.4) is 0 Å². The molecule has 3 rings (SSSR count). The van der Waals surface area contributed by atoms with Gasteiger partial charge in [-0.15, -0.1) is 5.10 Å². The van der Waals surface area contributed by atoms with Crippen LogP contribution < -0.4 is 5.32 Å². The fraction of sp³-hybridized carbons (Fsp3) is 0.529. The van der Waals surface area contributed by atoms with E-state index in [1.54, 1.807) is 4.68 Å². The van der Waals surface area contributed by atoms with E-state index in [1.165, 1.54) is 30.2 Å². The number of amides is 1. The molecule has 0 bridgehead atoms. The number of nitrogens with zero attached hydrogens (tertiary/aromatic N) is 4. The first-order chi connectivity index (χ1) is 11.6. The molecule has 1 aliphatic carbocycles. The fourth-order valence-corrected chi connectivity index (χ4v) is 3.78. The summed E-state index contributed by atoms with van der Waals surface area (Å²) in [6.07, 6.45) is 4.58. The molecule has 1 saturated carbocycles. The first-order valence-electron chi connectivity index (χ1n) is 8.38. The van der Waals surface area contributed by atoms with Crippen molar-refractivity contribution in [3.05, 3.63) is 29.3 Å². The third-order valence-corrected chi connectivity index (χ3v) is 5.63. The van der Waals surface area contributed by atoms with E-state index >= 15 is 0 Å². The van der Waals surface area contributed by atoms with Crippen molar-refractivity contribution in [2.45, 2.75) is 62.9 Å². The van der Waals surface area contributed by atoms with E-state index in [1.807, 2.05) is 19.1 Å². The summed E-state index contributed by atoms with van der Waals surface area (Å²) in [7, 11) is 0. The molecule has 7 heteroatoms. The summed E-state index contributed by atoms with van der Waals surface area (Å²) < 4.78 is 1.71. The van der Waals surface area contributed by atoms with Gasteiger partial charge in [-0.1, -0.05) is 36.7 Å². The standard InChI is InChI=1S/C17H23N5OS/c1-11-7-6-10-15(12(11)2)22-17(19-20-21-22)24-13(3)16(23)18-14-8-4-5-9-14/h6-7,10,13-14H,4-5,8-9H2,1-3H3,(H,18,23)/t13-/m0/s1. The number of carbonyl (C=O) groups excluding carboxylic acids is 1. The lowest BCUT2D eigenvalue weighted by Crippen LogP contribution is -2.37. The third-order valence-electron chi connectivity index (χ3n) is 4.60. The van der Waals surface area contributed by atoms with Gasteiger partial charge in [-0.2, -0.15) is 4.68 Å². The second kappa shape index (κ2) is 7.34. The van der Waals surface area contributed by atoms with Crippen LogP contribution in [-0.2, 0) is 4.79 Å². The molecule has 0 aliphatic heterocycles. The van der Waals surface area contributed by atoms with Gasteiger partial charge in [-0.3, -0.25) is 4.79 Å². The molecule has 1 heterocycles. The maximum absolute atomic E-state index is 12.4. The van der Waals surface area contributed by atoms with Crippen LogP contribution >= 0.6 is 11.8 Å². The van der Waals surface area contributed by atoms with E-state index < -0.39 is 0 Å². The lowest BCUT2D eigenvalue weighted by molar-refractivity contribution is -0.120. The average molecular weight is 345 g/mol. The molecule has 1 amide bonds. The highest BCUT2D eigenvalue weighted by Crippen LogP contribution is 2.26. The topological polar surface area (TPSA) is 72.7 Å². The van der Waals surface area contributed by atoms with Crippen LogP contribution in [0.2, 0.25) is 0 Å². The van der Waals surface area contributed by atoms with Gasteiger partial charge in [0.25, 0.3) is 0 Å². The molecule has 0 radical (unpaired) electrons. The zero-order valence-electron chi connectivity index (χ0n) is 14.3. The SMILES string of the molecule is Cc1cccc(-n2nnnc2S[C@@H](C)C(=O)NC2CCCC2)c1C. The molecular formula is C17H23N5OS. The Kier molecular flexibility index (Phi) is 5.18. The Bertz CT molecular complexity index is 724. The Morgan fingerprint density at radius 3 is 2.83 bits per heavy atom. The van der Waals surface area contributed by atoms with E-state index in [2.05, 4.69) is 40.8 Å². The molecule has 2 aromatic rings. The van der Waals surface area contributed by atoms with Crippen LogP contribution in [0, 0.1) is 13.8 Å². The zero-order chi connectivity index (χ0) is 17.1. The van der Waals surface area contributed by atoms with Crippen LogP contribution in [0.25, 0.3) is 5.69 Å². The monoisotopic (exact) mass is 345 g/mol. The predicted octanol–water partition coefficient (Wildman–Crippen LogP) is 2.82. The maximum atomic E-state index is 12.4. The summed E-state index contributed by atoms with van der Waals surface area (Å²) in [5, 5.41) is 15.5. The summed E-state index contributed by atoms with van der Waals surface area (Å²) in [6, 6.07) is 6.37. The van der Waals surface area contributed by atoms with Crippen molar-refractivity contribution in [3.8, 4) is 5.69 Å². The van der Waals surface area contributed by atoms with E-state index in [9.17, 15) is 4.79 Å². The minimum Gasteiger partial charge on any atom is -0.352 e. The predicted molar refractivity (Wildman–Crippen MR) is 94.3 cm³/mol. The molecule has 1 aromatic carbocycles. The van der Waals surface area contributed by atoms with Crippen molar-refractivity contribution in [1.82, 2.24) is 25.5 Å². The lowest BCUT2D eigenvalue weighted by atomic mass is 10.1. The minimum absolute atomic E-state index is 0.0578. The largest absolute Gasteiger partial charge is 0.352 e. The van der Waals surface area contributed by atoms with Gasteiger partial charge in [-0.05, 0) is 61.2 Å². The van der Waals surface area contributed by atoms with Gasteiger partial charge < -0.3 is 5.32 Å². The zero-order valence-corrected chi connectivity index (χ0v) is 15.1. The Labute approximate surface area is 146 Å². The highest BCUT2D eigenvalue weighted by Gasteiger charge is 2.23. The van der Waals surface area contributed by atoms with E-state index in [-0.39, 0.29) is 11.2 Å². The van der Waals surface area contributed by atoms with Gasteiger partial charge in [0.2, 0.25) is 11.1 Å². The molecule has 1 atom stereocenters. The molecule has 24 heavy (non-hydrogen) atoms. The van der Waals surface area contributed by atoms with Crippen LogP contribution in [0.4, 0.5) is 0 Å². The molecule has 0 saturated heterocycles. The van der Waals surface area contributed by atoms with E-state index in [0.29, 0.717) is 11.2 Å². The molecule has 0 unspecified atom stereocenters. The van der Waals surface area contributed by atoms with Gasteiger partial charge in [0, 0.05) is 6.04 Å². The molecule has 6 nitrogen and oxygen atoms in total. The second-order valence-electron chi connectivity index (χ2n) is 6.34. The smallest absolute Gasteiger partial charge is 0.233 e. The first-order valence-corrected chi connectivity index (χ1v) is 9.26. The number of nitrogens with one attached hydrogen (secondary N) is 1. The summed E-state index contributed by atoms with van der Waals surface area (Å²) >= 11 is 1.39. The van der Waals surface area contributed by atoms with Crippen molar-refractivity contribution < 1.29 is 4.79 Å². The van der Waals surface area contributed by atoms with Crippen molar-refractivity contribution in [2.24, 2.45) is 0 Å². The molecule has 1 N–H and O–H groups in total. The Morgan fingerprint density at radius 1 is 1.33 bits per heavy atom. The minimum atomic E-state index is -0.236. The van der Waals surface area contributed by atoms with Gasteiger partial charge in [0.15, 0.2) is 0 Å². The van der Waals surface area contributed by atoms with Gasteiger partial charge in [0.1, 0.15) is 0 Å². The summed E-state index contributed by atoms with van der Waals surface area (Å²) in [6.45, 7) is 6.02. The van der Waals surface area contributed by atoms with Crippen molar-refractivity contribution in [3.63, 3.8) is 0 Å². The fourth-order valence-electron chi connectivity index (χ4n) is 2.97. The van der Waals surface area contributed by atoms with E-state index in [0.717, 1.165) is 24.1 Å². The van der Waals surface area contributed by atoms with Crippen LogP contribution in [0.1, 0.15) is 43.7 Å². The molecule has 128 valence electrons. The van der Waals surface area contributed by atoms with Crippen molar-refractivity contribution >= 4 is 17.7 Å². The Morgan fingerprint density at radius 2 is 2.08 bits per heavy atom. The number of rotatable bonds is 5. The summed E-state index contributed by atoms with van der Waals surface area (Å²) in [4.78, 5) is 12.4. The third kappa shape index (κ3) is 3.61.